The monoisotopic (exact) mass is 379 g/mol. The average Bonchev–Trinajstić information content (AvgIpc) is 2.37. The highest BCUT2D eigenvalue weighted by atomic mass is 127. The molecule has 0 amide bonds. The molecule has 0 saturated carbocycles. The number of nitrogens with zero attached hydrogens (tertiary/aromatic N) is 1. The second-order valence-electron chi connectivity index (χ2n) is 3.46. The Labute approximate surface area is 122 Å². The van der Waals surface area contributed by atoms with E-state index in [-0.39, 0.29) is 23.2 Å². The average molecular weight is 379 g/mol. The van der Waals surface area contributed by atoms with Gasteiger partial charge in [0, 0.05) is 15.2 Å². The van der Waals surface area contributed by atoms with Gasteiger partial charge in [0.2, 0.25) is 0 Å². The first-order chi connectivity index (χ1) is 8.90. The van der Waals surface area contributed by atoms with Gasteiger partial charge >= 0.3 is 11.9 Å². The summed E-state index contributed by atoms with van der Waals surface area (Å²) in [6, 6.07) is 2.51. The van der Waals surface area contributed by atoms with Crippen molar-refractivity contribution in [2.75, 3.05) is 14.2 Å². The molecule has 0 radical (unpaired) electrons. The van der Waals surface area contributed by atoms with Crippen LogP contribution in [0.25, 0.3) is 0 Å². The van der Waals surface area contributed by atoms with Crippen molar-refractivity contribution in [3.05, 3.63) is 36.9 Å². The fourth-order valence-electron chi connectivity index (χ4n) is 1.41. The third-order valence-corrected chi connectivity index (χ3v) is 3.23. The summed E-state index contributed by atoms with van der Waals surface area (Å²) < 4.78 is 9.47. The molecule has 0 atom stereocenters. The Morgan fingerprint density at radius 2 is 1.95 bits per heavy atom. The molecule has 0 fully saturated rings. The van der Waals surface area contributed by atoms with Crippen molar-refractivity contribution < 1.29 is 24.0 Å². The second-order valence-corrected chi connectivity index (χ2v) is 4.62. The standard InChI is InChI=1S/C11H10INO6/c1-18-10(14)4-6-3-8(12)7(11(15)19-2)5-9(6)13(16)17/h3,5H,4H2,1-2H3. The maximum absolute atomic E-state index is 11.5. The number of esters is 2. The van der Waals surface area contributed by atoms with E-state index in [4.69, 9.17) is 0 Å². The van der Waals surface area contributed by atoms with Crippen molar-refractivity contribution in [1.82, 2.24) is 0 Å². The second kappa shape index (κ2) is 6.45. The van der Waals surface area contributed by atoms with E-state index in [1.807, 2.05) is 22.6 Å². The van der Waals surface area contributed by atoms with Crippen LogP contribution in [0.5, 0.6) is 0 Å². The van der Waals surface area contributed by atoms with E-state index in [1.54, 1.807) is 0 Å². The summed E-state index contributed by atoms with van der Waals surface area (Å²) in [4.78, 5) is 33.0. The molecule has 1 aromatic carbocycles. The van der Waals surface area contributed by atoms with Gasteiger partial charge in [0.15, 0.2) is 0 Å². The van der Waals surface area contributed by atoms with Gasteiger partial charge in [-0.2, -0.15) is 0 Å². The number of hydrogen-bond donors (Lipinski definition) is 0. The van der Waals surface area contributed by atoms with E-state index in [0.717, 1.165) is 6.07 Å². The van der Waals surface area contributed by atoms with Crippen LogP contribution in [-0.2, 0) is 20.7 Å². The molecule has 0 aliphatic rings. The Bertz CT molecular complexity index is 542. The molecule has 0 saturated heterocycles. The van der Waals surface area contributed by atoms with Crippen molar-refractivity contribution in [3.8, 4) is 0 Å². The Morgan fingerprint density at radius 1 is 1.32 bits per heavy atom. The molecule has 0 bridgehead atoms. The molecule has 0 spiro atoms. The highest BCUT2D eigenvalue weighted by Crippen LogP contribution is 2.26. The number of nitro groups is 1. The maximum Gasteiger partial charge on any atom is 0.339 e. The lowest BCUT2D eigenvalue weighted by atomic mass is 10.1. The van der Waals surface area contributed by atoms with Gasteiger partial charge in [-0.05, 0) is 28.7 Å². The predicted molar refractivity (Wildman–Crippen MR) is 72.9 cm³/mol. The van der Waals surface area contributed by atoms with Crippen molar-refractivity contribution in [3.63, 3.8) is 0 Å². The van der Waals surface area contributed by atoms with Gasteiger partial charge in [-0.3, -0.25) is 14.9 Å². The van der Waals surface area contributed by atoms with Crippen molar-refractivity contribution in [2.24, 2.45) is 0 Å². The van der Waals surface area contributed by atoms with Crippen LogP contribution >= 0.6 is 22.6 Å². The topological polar surface area (TPSA) is 95.7 Å². The molecule has 102 valence electrons. The van der Waals surface area contributed by atoms with Crippen LogP contribution in [0.1, 0.15) is 15.9 Å². The molecule has 0 aliphatic carbocycles. The van der Waals surface area contributed by atoms with Crippen LogP contribution in [0, 0.1) is 13.7 Å². The summed E-state index contributed by atoms with van der Waals surface area (Å²) in [7, 11) is 2.38. The first-order valence-corrected chi connectivity index (χ1v) is 6.10. The van der Waals surface area contributed by atoms with Crippen molar-refractivity contribution >= 4 is 40.2 Å². The van der Waals surface area contributed by atoms with Gasteiger partial charge in [0.1, 0.15) is 0 Å². The van der Waals surface area contributed by atoms with Gasteiger partial charge in [-0.1, -0.05) is 0 Å². The van der Waals surface area contributed by atoms with Gasteiger partial charge in [-0.25, -0.2) is 4.79 Å². The summed E-state index contributed by atoms with van der Waals surface area (Å²) in [5, 5.41) is 11.0. The maximum atomic E-state index is 11.5. The smallest absolute Gasteiger partial charge is 0.339 e. The molecule has 0 aliphatic heterocycles. The van der Waals surface area contributed by atoms with Gasteiger partial charge in [0.25, 0.3) is 5.69 Å². The number of carbonyl (C=O) groups is 2. The van der Waals surface area contributed by atoms with Crippen molar-refractivity contribution in [1.29, 1.82) is 0 Å². The summed E-state index contributed by atoms with van der Waals surface area (Å²) in [6.45, 7) is 0. The minimum absolute atomic E-state index is 0.0865. The molecular weight excluding hydrogens is 369 g/mol. The van der Waals surface area contributed by atoms with E-state index in [9.17, 15) is 19.7 Å². The number of nitro benzene ring substituents is 1. The number of halogens is 1. The number of ether oxygens (including phenoxy) is 2. The Balaban J connectivity index is 3.33. The molecule has 19 heavy (non-hydrogen) atoms. The summed E-state index contributed by atoms with van der Waals surface area (Å²) >= 11 is 1.85. The highest BCUT2D eigenvalue weighted by molar-refractivity contribution is 14.1. The van der Waals surface area contributed by atoms with Gasteiger partial charge in [-0.15, -0.1) is 0 Å². The van der Waals surface area contributed by atoms with Gasteiger partial charge in [0.05, 0.1) is 31.1 Å². The first kappa shape index (κ1) is 15.3. The molecule has 0 heterocycles. The van der Waals surface area contributed by atoms with Crippen LogP contribution in [0.4, 0.5) is 5.69 Å². The molecule has 1 rings (SSSR count). The highest BCUT2D eigenvalue weighted by Gasteiger charge is 2.22. The molecule has 8 heteroatoms. The van der Waals surface area contributed by atoms with Crippen molar-refractivity contribution in [2.45, 2.75) is 6.42 Å². The lowest BCUT2D eigenvalue weighted by Gasteiger charge is -2.07. The summed E-state index contributed by atoms with van der Waals surface area (Å²) in [5.74, 6) is -1.26. The van der Waals surface area contributed by atoms with Gasteiger partial charge < -0.3 is 9.47 Å². The first-order valence-electron chi connectivity index (χ1n) is 5.02. The van der Waals surface area contributed by atoms with E-state index in [2.05, 4.69) is 9.47 Å². The van der Waals surface area contributed by atoms with Crippen LogP contribution in [-0.4, -0.2) is 31.1 Å². The number of carbonyl (C=O) groups excluding carboxylic acids is 2. The normalized spacial score (nSPS) is 9.84. The fraction of sp³-hybridized carbons (Fsp3) is 0.273. The molecule has 7 nitrogen and oxygen atoms in total. The lowest BCUT2D eigenvalue weighted by Crippen LogP contribution is -2.10. The Kier molecular flexibility index (Phi) is 5.21. The molecule has 1 aromatic rings. The zero-order valence-electron chi connectivity index (χ0n) is 10.1. The van der Waals surface area contributed by atoms with E-state index in [0.29, 0.717) is 3.57 Å². The predicted octanol–water partition coefficient (Wildman–Crippen LogP) is 1.70. The Morgan fingerprint density at radius 3 is 2.42 bits per heavy atom. The number of rotatable bonds is 4. The fourth-order valence-corrected chi connectivity index (χ4v) is 2.16. The molecular formula is C11H10INO6. The molecule has 0 unspecified atom stereocenters. The van der Waals surface area contributed by atoms with Crippen LogP contribution in [0.2, 0.25) is 0 Å². The zero-order chi connectivity index (χ0) is 14.6. The Hall–Kier alpha value is -1.71. The quantitative estimate of drug-likeness (QED) is 0.342. The number of benzene rings is 1. The van der Waals surface area contributed by atoms with Crippen LogP contribution in [0.3, 0.4) is 0 Å². The summed E-state index contributed by atoms with van der Waals surface area (Å²) in [6.07, 6.45) is -0.232. The summed E-state index contributed by atoms with van der Waals surface area (Å²) in [5.41, 5.74) is -0.0384. The number of hydrogen-bond acceptors (Lipinski definition) is 6. The lowest BCUT2D eigenvalue weighted by molar-refractivity contribution is -0.385. The van der Waals surface area contributed by atoms with Crippen LogP contribution < -0.4 is 0 Å². The van der Waals surface area contributed by atoms with Crippen LogP contribution in [0.15, 0.2) is 12.1 Å². The third-order valence-electron chi connectivity index (χ3n) is 2.33. The molecule has 0 N–H and O–H groups in total. The number of methoxy groups -OCH3 is 2. The molecule has 0 aromatic heterocycles. The minimum atomic E-state index is -0.669. The largest absolute Gasteiger partial charge is 0.469 e. The third kappa shape index (κ3) is 3.63. The minimum Gasteiger partial charge on any atom is -0.469 e. The van der Waals surface area contributed by atoms with E-state index < -0.39 is 16.9 Å². The van der Waals surface area contributed by atoms with E-state index in [1.165, 1.54) is 20.3 Å². The van der Waals surface area contributed by atoms with E-state index >= 15 is 0 Å². The SMILES string of the molecule is COC(=O)Cc1cc(I)c(C(=O)OC)cc1[N+](=O)[O-]. The zero-order valence-corrected chi connectivity index (χ0v) is 12.3.